The number of carbonyl (C=O) groups is 1. The smallest absolute Gasteiger partial charge is 0.365 e. The number of amides is 1. The topological polar surface area (TPSA) is 52.9 Å². The molecule has 0 aromatic heterocycles. The van der Waals surface area contributed by atoms with E-state index in [2.05, 4.69) is 21.0 Å². The van der Waals surface area contributed by atoms with Gasteiger partial charge in [0, 0.05) is 15.6 Å². The zero-order chi connectivity index (χ0) is 18.2. The Hall–Kier alpha value is -2.19. The zero-order valence-electron chi connectivity index (χ0n) is 12.7. The molecule has 1 N–H and O–H groups in total. The third kappa shape index (κ3) is 3.32. The second-order valence-electron chi connectivity index (χ2n) is 5.53. The quantitative estimate of drug-likeness (QED) is 0.808. The summed E-state index contributed by atoms with van der Waals surface area (Å²) < 4.78 is 40.0. The maximum Gasteiger partial charge on any atom is 0.431 e. The number of alkyl halides is 3. The molecular weight excluding hydrogens is 401 g/mol. The molecule has 0 saturated heterocycles. The Bertz CT molecular complexity index is 839. The van der Waals surface area contributed by atoms with Gasteiger partial charge >= 0.3 is 6.18 Å². The number of carbonyl (C=O) groups excluding carboxylic acids is 1. The molecule has 0 aliphatic carbocycles. The Morgan fingerprint density at radius 2 is 1.84 bits per heavy atom. The van der Waals surface area contributed by atoms with Crippen LogP contribution < -0.4 is 0 Å². The molecule has 2 aromatic rings. The Morgan fingerprint density at radius 1 is 1.16 bits per heavy atom. The summed E-state index contributed by atoms with van der Waals surface area (Å²) in [6, 6.07) is 13.9. The summed E-state index contributed by atoms with van der Waals surface area (Å²) >= 11 is 3.22. The molecule has 0 saturated carbocycles. The van der Waals surface area contributed by atoms with Crippen molar-refractivity contribution in [2.45, 2.75) is 18.3 Å². The molecule has 1 aliphatic heterocycles. The van der Waals surface area contributed by atoms with E-state index in [4.69, 9.17) is 0 Å². The van der Waals surface area contributed by atoms with Crippen LogP contribution in [-0.2, 0) is 5.72 Å². The van der Waals surface area contributed by atoms with E-state index >= 15 is 0 Å². The molecule has 0 spiro atoms. The predicted molar refractivity (Wildman–Crippen MR) is 88.8 cm³/mol. The van der Waals surface area contributed by atoms with Gasteiger partial charge in [0.15, 0.2) is 5.72 Å². The standard InChI is InChI=1S/C17H12BrF3N2O2/c18-13-8-4-7-12(9-13)16(25)10-14(17(19,20)21)22-23(16)15(24)11-5-2-1-3-6-11/h1-9,25H,10H2. The van der Waals surface area contributed by atoms with Gasteiger partial charge in [0.25, 0.3) is 5.91 Å². The van der Waals surface area contributed by atoms with Crippen molar-refractivity contribution >= 4 is 27.5 Å². The van der Waals surface area contributed by atoms with Gasteiger partial charge in [0.05, 0.1) is 6.42 Å². The first-order chi connectivity index (χ1) is 11.7. The summed E-state index contributed by atoms with van der Waals surface area (Å²) in [4.78, 5) is 12.7. The first-order valence-corrected chi connectivity index (χ1v) is 8.04. The van der Waals surface area contributed by atoms with Crippen molar-refractivity contribution in [1.29, 1.82) is 0 Å². The fourth-order valence-corrected chi connectivity index (χ4v) is 2.98. The van der Waals surface area contributed by atoms with Crippen molar-refractivity contribution in [2.75, 3.05) is 0 Å². The van der Waals surface area contributed by atoms with E-state index in [0.717, 1.165) is 0 Å². The number of rotatable bonds is 2. The van der Waals surface area contributed by atoms with E-state index in [-0.39, 0.29) is 11.1 Å². The molecule has 130 valence electrons. The SMILES string of the molecule is O=C(c1ccccc1)N1N=C(C(F)(F)F)CC1(O)c1cccc(Br)c1. The highest BCUT2D eigenvalue weighted by molar-refractivity contribution is 9.10. The molecule has 1 aliphatic rings. The molecule has 1 heterocycles. The maximum atomic E-state index is 13.1. The number of benzene rings is 2. The van der Waals surface area contributed by atoms with Crippen LogP contribution in [0.1, 0.15) is 22.3 Å². The predicted octanol–water partition coefficient (Wildman–Crippen LogP) is 4.06. The summed E-state index contributed by atoms with van der Waals surface area (Å²) in [5, 5.41) is 14.9. The lowest BCUT2D eigenvalue weighted by molar-refractivity contribution is -0.0816. The van der Waals surface area contributed by atoms with Crippen LogP contribution in [0.5, 0.6) is 0 Å². The molecular formula is C17H12BrF3N2O2. The van der Waals surface area contributed by atoms with Crippen LogP contribution in [-0.4, -0.2) is 27.9 Å². The highest BCUT2D eigenvalue weighted by Crippen LogP contribution is 2.40. The minimum Gasteiger partial charge on any atom is -0.365 e. The summed E-state index contributed by atoms with van der Waals surface area (Å²) in [7, 11) is 0. The number of aliphatic hydroxyl groups is 1. The summed E-state index contributed by atoms with van der Waals surface area (Å²) in [6.07, 6.45) is -5.59. The third-order valence-corrected chi connectivity index (χ3v) is 4.31. The summed E-state index contributed by atoms with van der Waals surface area (Å²) in [5.74, 6) is -0.817. The van der Waals surface area contributed by atoms with Crippen molar-refractivity contribution in [3.8, 4) is 0 Å². The van der Waals surface area contributed by atoms with Gasteiger partial charge in [0.1, 0.15) is 5.71 Å². The number of hydrogen-bond donors (Lipinski definition) is 1. The lowest BCUT2D eigenvalue weighted by Crippen LogP contribution is -2.43. The van der Waals surface area contributed by atoms with E-state index in [1.54, 1.807) is 30.3 Å². The van der Waals surface area contributed by atoms with Crippen molar-refractivity contribution in [2.24, 2.45) is 5.10 Å². The van der Waals surface area contributed by atoms with Crippen LogP contribution in [0.4, 0.5) is 13.2 Å². The summed E-state index contributed by atoms with van der Waals surface area (Å²) in [5.41, 5.74) is -3.17. The highest BCUT2D eigenvalue weighted by atomic mass is 79.9. The molecule has 0 radical (unpaired) electrons. The normalized spacial score (nSPS) is 20.5. The molecule has 1 amide bonds. The van der Waals surface area contributed by atoms with E-state index < -0.39 is 29.9 Å². The van der Waals surface area contributed by atoms with Crippen LogP contribution in [0.15, 0.2) is 64.2 Å². The molecule has 0 bridgehead atoms. The largest absolute Gasteiger partial charge is 0.431 e. The molecule has 4 nitrogen and oxygen atoms in total. The Morgan fingerprint density at radius 3 is 2.44 bits per heavy atom. The number of halogens is 4. The number of hydrogen-bond acceptors (Lipinski definition) is 3. The molecule has 25 heavy (non-hydrogen) atoms. The van der Waals surface area contributed by atoms with E-state index in [1.807, 2.05) is 0 Å². The highest BCUT2D eigenvalue weighted by Gasteiger charge is 2.53. The summed E-state index contributed by atoms with van der Waals surface area (Å²) in [6.45, 7) is 0. The second-order valence-corrected chi connectivity index (χ2v) is 6.45. The zero-order valence-corrected chi connectivity index (χ0v) is 14.3. The number of hydrazone groups is 1. The Kier molecular flexibility index (Phi) is 4.42. The second kappa shape index (κ2) is 6.27. The van der Waals surface area contributed by atoms with Gasteiger partial charge in [-0.05, 0) is 24.3 Å². The molecule has 1 unspecified atom stereocenters. The molecule has 3 rings (SSSR count). The Labute approximate surface area is 149 Å². The fourth-order valence-electron chi connectivity index (χ4n) is 2.58. The van der Waals surface area contributed by atoms with Crippen LogP contribution in [0, 0.1) is 0 Å². The van der Waals surface area contributed by atoms with E-state index in [0.29, 0.717) is 9.48 Å². The third-order valence-electron chi connectivity index (χ3n) is 3.81. The average Bonchev–Trinajstić information content (AvgIpc) is 2.94. The molecule has 2 aromatic carbocycles. The fraction of sp³-hybridized carbons (Fsp3) is 0.176. The van der Waals surface area contributed by atoms with Crippen LogP contribution in [0.2, 0.25) is 0 Å². The van der Waals surface area contributed by atoms with Gasteiger partial charge in [0.2, 0.25) is 0 Å². The van der Waals surface area contributed by atoms with Crippen molar-refractivity contribution in [3.05, 3.63) is 70.2 Å². The van der Waals surface area contributed by atoms with Crippen molar-refractivity contribution < 1.29 is 23.1 Å². The van der Waals surface area contributed by atoms with E-state index in [1.165, 1.54) is 24.3 Å². The number of nitrogens with zero attached hydrogens (tertiary/aromatic N) is 2. The van der Waals surface area contributed by atoms with Crippen LogP contribution in [0.25, 0.3) is 0 Å². The van der Waals surface area contributed by atoms with Gasteiger partial charge in [-0.1, -0.05) is 46.3 Å². The first kappa shape index (κ1) is 17.6. The van der Waals surface area contributed by atoms with Gasteiger partial charge in [-0.2, -0.15) is 23.3 Å². The van der Waals surface area contributed by atoms with Gasteiger partial charge in [-0.15, -0.1) is 0 Å². The van der Waals surface area contributed by atoms with Crippen LogP contribution >= 0.6 is 15.9 Å². The first-order valence-electron chi connectivity index (χ1n) is 7.24. The average molecular weight is 413 g/mol. The lowest BCUT2D eigenvalue weighted by Gasteiger charge is -2.31. The van der Waals surface area contributed by atoms with Gasteiger partial charge in [-0.3, -0.25) is 4.79 Å². The minimum absolute atomic E-state index is 0.128. The van der Waals surface area contributed by atoms with Crippen molar-refractivity contribution in [3.63, 3.8) is 0 Å². The lowest BCUT2D eigenvalue weighted by atomic mass is 9.96. The van der Waals surface area contributed by atoms with E-state index in [9.17, 15) is 23.1 Å². The van der Waals surface area contributed by atoms with Crippen molar-refractivity contribution in [1.82, 2.24) is 5.01 Å². The minimum atomic E-state index is -4.74. The maximum absolute atomic E-state index is 13.1. The molecule has 0 fully saturated rings. The Balaban J connectivity index is 2.09. The van der Waals surface area contributed by atoms with Crippen LogP contribution in [0.3, 0.4) is 0 Å². The molecule has 8 heteroatoms. The van der Waals surface area contributed by atoms with Gasteiger partial charge in [-0.25, -0.2) is 0 Å². The molecule has 1 atom stereocenters. The van der Waals surface area contributed by atoms with Gasteiger partial charge < -0.3 is 5.11 Å². The monoisotopic (exact) mass is 412 g/mol.